The van der Waals surface area contributed by atoms with Gasteiger partial charge in [0.05, 0.1) is 37.9 Å². The lowest BCUT2D eigenvalue weighted by molar-refractivity contribution is -0.159. The van der Waals surface area contributed by atoms with Crippen LogP contribution in [0.25, 0.3) is 0 Å². The van der Waals surface area contributed by atoms with E-state index in [2.05, 4.69) is 10.2 Å². The summed E-state index contributed by atoms with van der Waals surface area (Å²) in [7, 11) is 0. The molecule has 0 aromatic heterocycles. The van der Waals surface area contributed by atoms with Crippen molar-refractivity contribution >= 4 is 5.91 Å². The summed E-state index contributed by atoms with van der Waals surface area (Å²) >= 11 is 0. The lowest BCUT2D eigenvalue weighted by atomic mass is 9.92. The molecule has 0 aromatic carbocycles. The number of hydrogen-bond donors (Lipinski definition) is 2. The molecule has 0 unspecified atom stereocenters. The molecule has 4 aliphatic rings. The maximum Gasteiger partial charge on any atom is 0.222 e. The van der Waals surface area contributed by atoms with Crippen molar-refractivity contribution in [3.63, 3.8) is 0 Å². The number of nitrogens with zero attached hydrogens (tertiary/aromatic N) is 1. The second kappa shape index (κ2) is 9.85. The molecule has 4 atom stereocenters. The number of nitrogens with one attached hydrogen (secondary N) is 1. The van der Waals surface area contributed by atoms with Crippen molar-refractivity contribution in [2.24, 2.45) is 11.8 Å². The predicted molar refractivity (Wildman–Crippen MR) is 104 cm³/mol. The molecular formula is C21H36N2O5. The summed E-state index contributed by atoms with van der Waals surface area (Å²) in [5.74, 6) is 1.43. The molecule has 0 spiro atoms. The quantitative estimate of drug-likeness (QED) is 0.696. The fourth-order valence-electron chi connectivity index (χ4n) is 4.78. The number of aliphatic hydroxyl groups is 1. The Morgan fingerprint density at radius 1 is 1.00 bits per heavy atom. The van der Waals surface area contributed by atoms with Gasteiger partial charge < -0.3 is 24.6 Å². The number of rotatable bonds is 6. The van der Waals surface area contributed by atoms with E-state index in [4.69, 9.17) is 14.2 Å². The zero-order valence-corrected chi connectivity index (χ0v) is 16.9. The minimum absolute atomic E-state index is 0.0256. The largest absolute Gasteiger partial charge is 0.389 e. The molecule has 0 bridgehead atoms. The molecule has 160 valence electrons. The molecule has 0 aromatic rings. The first-order valence-electron chi connectivity index (χ1n) is 11.2. The summed E-state index contributed by atoms with van der Waals surface area (Å²) < 4.78 is 17.6. The van der Waals surface area contributed by atoms with Crippen molar-refractivity contribution in [1.82, 2.24) is 10.2 Å². The van der Waals surface area contributed by atoms with E-state index in [9.17, 15) is 9.90 Å². The Morgan fingerprint density at radius 2 is 1.82 bits per heavy atom. The van der Waals surface area contributed by atoms with Gasteiger partial charge in [-0.05, 0) is 50.4 Å². The number of ether oxygens (including phenoxy) is 3. The van der Waals surface area contributed by atoms with Gasteiger partial charge in [0.15, 0.2) is 0 Å². The summed E-state index contributed by atoms with van der Waals surface area (Å²) in [6.07, 6.45) is 6.48. The summed E-state index contributed by atoms with van der Waals surface area (Å²) in [5, 5.41) is 13.3. The van der Waals surface area contributed by atoms with Gasteiger partial charge in [-0.3, -0.25) is 9.69 Å². The zero-order chi connectivity index (χ0) is 19.3. The van der Waals surface area contributed by atoms with Crippen LogP contribution in [0.2, 0.25) is 0 Å². The number of aliphatic hydroxyl groups excluding tert-OH is 1. The molecule has 3 aliphatic heterocycles. The van der Waals surface area contributed by atoms with Gasteiger partial charge in [-0.15, -0.1) is 0 Å². The van der Waals surface area contributed by atoms with Crippen LogP contribution in [0.15, 0.2) is 0 Å². The third kappa shape index (κ3) is 5.89. The van der Waals surface area contributed by atoms with E-state index in [-0.39, 0.29) is 24.2 Å². The Labute approximate surface area is 168 Å². The van der Waals surface area contributed by atoms with Crippen LogP contribution in [0, 0.1) is 11.8 Å². The average molecular weight is 397 g/mol. The molecule has 1 saturated carbocycles. The van der Waals surface area contributed by atoms with Crippen molar-refractivity contribution < 1.29 is 24.1 Å². The van der Waals surface area contributed by atoms with Crippen LogP contribution in [0.3, 0.4) is 0 Å². The molecule has 3 saturated heterocycles. The first kappa shape index (κ1) is 20.5. The molecule has 0 radical (unpaired) electrons. The summed E-state index contributed by atoms with van der Waals surface area (Å²) in [5.41, 5.74) is 0. The number of carbonyl (C=O) groups is 1. The van der Waals surface area contributed by atoms with Crippen LogP contribution >= 0.6 is 0 Å². The van der Waals surface area contributed by atoms with Crippen molar-refractivity contribution in [3.05, 3.63) is 0 Å². The van der Waals surface area contributed by atoms with E-state index in [0.717, 1.165) is 52.0 Å². The number of hydrogen-bond acceptors (Lipinski definition) is 6. The highest BCUT2D eigenvalue weighted by molar-refractivity contribution is 5.76. The Morgan fingerprint density at radius 3 is 2.61 bits per heavy atom. The van der Waals surface area contributed by atoms with Crippen LogP contribution in [-0.4, -0.2) is 86.3 Å². The Hall–Kier alpha value is -0.730. The molecule has 1 amide bonds. The third-order valence-corrected chi connectivity index (χ3v) is 6.62. The monoisotopic (exact) mass is 396 g/mol. The van der Waals surface area contributed by atoms with Gasteiger partial charge in [0.25, 0.3) is 0 Å². The lowest BCUT2D eigenvalue weighted by Gasteiger charge is -2.45. The van der Waals surface area contributed by atoms with Gasteiger partial charge in [0, 0.05) is 38.9 Å². The third-order valence-electron chi connectivity index (χ3n) is 6.62. The van der Waals surface area contributed by atoms with E-state index < -0.39 is 6.10 Å². The van der Waals surface area contributed by atoms with Crippen LogP contribution < -0.4 is 5.32 Å². The van der Waals surface area contributed by atoms with Crippen LogP contribution in [0.1, 0.15) is 44.9 Å². The van der Waals surface area contributed by atoms with Crippen molar-refractivity contribution in [1.29, 1.82) is 0 Å². The Bertz CT molecular complexity index is 509. The normalized spacial score (nSPS) is 35.6. The first-order valence-corrected chi connectivity index (χ1v) is 11.2. The van der Waals surface area contributed by atoms with Gasteiger partial charge in [-0.25, -0.2) is 0 Å². The number of fused-ring (bicyclic) bond motifs is 1. The van der Waals surface area contributed by atoms with Crippen molar-refractivity contribution in [2.75, 3.05) is 46.1 Å². The van der Waals surface area contributed by atoms with E-state index in [1.165, 1.54) is 12.8 Å². The average Bonchev–Trinajstić information content (AvgIpc) is 3.50. The maximum atomic E-state index is 12.2. The smallest absolute Gasteiger partial charge is 0.222 e. The Kier molecular flexibility index (Phi) is 7.22. The number of carbonyl (C=O) groups excluding carboxylic acids is 1. The number of β-amino-alcohol motifs (C(OH)–C–C–N with tert-alkyl or cyclic N) is 1. The molecule has 7 heteroatoms. The van der Waals surface area contributed by atoms with Crippen LogP contribution in [0.5, 0.6) is 0 Å². The topological polar surface area (TPSA) is 80.3 Å². The Balaban J connectivity index is 1.32. The lowest BCUT2D eigenvalue weighted by Crippen LogP contribution is -2.57. The molecule has 4 fully saturated rings. The highest BCUT2D eigenvalue weighted by atomic mass is 16.5. The van der Waals surface area contributed by atoms with E-state index in [0.29, 0.717) is 38.0 Å². The standard InChI is InChI=1S/C21H36N2O5/c24-17-12-23(11-16-5-7-26-8-6-16)19-4-3-18(28-20(19)14-27-13-17)9-21(25)22-10-15-1-2-15/h15-20,24H,1-14H2,(H,22,25)/t17-,18-,19+,20-/m1/s1. The SMILES string of the molecule is O=C(C[C@H]1CC[C@H]2[C@@H](COC[C@H](O)CN2CC2CCOCC2)O1)NCC1CC1. The van der Waals surface area contributed by atoms with Crippen molar-refractivity contribution in [2.45, 2.75) is 69.3 Å². The second-order valence-electron chi connectivity index (χ2n) is 9.09. The van der Waals surface area contributed by atoms with Gasteiger partial charge in [0.1, 0.15) is 0 Å². The molecule has 4 rings (SSSR count). The molecule has 3 heterocycles. The molecular weight excluding hydrogens is 360 g/mol. The fraction of sp³-hybridized carbons (Fsp3) is 0.952. The summed E-state index contributed by atoms with van der Waals surface area (Å²) in [4.78, 5) is 14.6. The molecule has 1 aliphatic carbocycles. The predicted octanol–water partition coefficient (Wildman–Crippen LogP) is 0.939. The summed E-state index contributed by atoms with van der Waals surface area (Å²) in [6.45, 7) is 4.96. The first-order chi connectivity index (χ1) is 13.7. The van der Waals surface area contributed by atoms with Crippen LogP contribution in [0.4, 0.5) is 0 Å². The van der Waals surface area contributed by atoms with E-state index >= 15 is 0 Å². The summed E-state index contributed by atoms with van der Waals surface area (Å²) in [6, 6.07) is 0.253. The van der Waals surface area contributed by atoms with E-state index in [1.807, 2.05) is 0 Å². The zero-order valence-electron chi connectivity index (χ0n) is 16.9. The van der Waals surface area contributed by atoms with E-state index in [1.54, 1.807) is 0 Å². The molecule has 7 nitrogen and oxygen atoms in total. The van der Waals surface area contributed by atoms with Gasteiger partial charge in [-0.2, -0.15) is 0 Å². The molecule has 2 N–H and O–H groups in total. The highest BCUT2D eigenvalue weighted by Gasteiger charge is 2.38. The van der Waals surface area contributed by atoms with Gasteiger partial charge in [0.2, 0.25) is 5.91 Å². The fourth-order valence-corrected chi connectivity index (χ4v) is 4.78. The van der Waals surface area contributed by atoms with Gasteiger partial charge >= 0.3 is 0 Å². The van der Waals surface area contributed by atoms with Gasteiger partial charge in [-0.1, -0.05) is 0 Å². The molecule has 28 heavy (non-hydrogen) atoms. The maximum absolute atomic E-state index is 12.2. The highest BCUT2D eigenvalue weighted by Crippen LogP contribution is 2.30. The minimum Gasteiger partial charge on any atom is -0.389 e. The second-order valence-corrected chi connectivity index (χ2v) is 9.09. The minimum atomic E-state index is -0.452. The number of amides is 1. The van der Waals surface area contributed by atoms with Crippen LogP contribution in [-0.2, 0) is 19.0 Å². The van der Waals surface area contributed by atoms with Crippen molar-refractivity contribution in [3.8, 4) is 0 Å².